The van der Waals surface area contributed by atoms with Crippen LogP contribution in [-0.2, 0) is 6.54 Å². The van der Waals surface area contributed by atoms with Crippen molar-refractivity contribution < 1.29 is 9.21 Å². The summed E-state index contributed by atoms with van der Waals surface area (Å²) in [7, 11) is 0. The first kappa shape index (κ1) is 13.0. The molecule has 0 aromatic carbocycles. The van der Waals surface area contributed by atoms with Crippen molar-refractivity contribution in [2.24, 2.45) is 11.8 Å². The van der Waals surface area contributed by atoms with Crippen LogP contribution in [0.25, 0.3) is 0 Å². The molecule has 0 N–H and O–H groups in total. The summed E-state index contributed by atoms with van der Waals surface area (Å²) in [5, 5.41) is 1.83. The number of thiazole rings is 1. The maximum atomic E-state index is 12.3. The molecule has 4 rings (SSSR count). The summed E-state index contributed by atoms with van der Waals surface area (Å²) in [5.74, 6) is 2.28. The van der Waals surface area contributed by atoms with Crippen molar-refractivity contribution in [3.8, 4) is 0 Å². The lowest BCUT2D eigenvalue weighted by atomic mass is 10.0. The second-order valence-electron chi connectivity index (χ2n) is 5.88. The molecule has 0 bridgehead atoms. The van der Waals surface area contributed by atoms with Crippen LogP contribution in [0.2, 0.25) is 0 Å². The fourth-order valence-corrected chi connectivity index (χ4v) is 4.01. The zero-order valence-corrected chi connectivity index (χ0v) is 12.5. The Bertz CT molecular complexity index is 597. The Balaban J connectivity index is 1.36. The van der Waals surface area contributed by atoms with E-state index in [0.717, 1.165) is 38.5 Å². The highest BCUT2D eigenvalue weighted by molar-refractivity contribution is 7.07. The van der Waals surface area contributed by atoms with Gasteiger partial charge in [-0.15, -0.1) is 11.3 Å². The van der Waals surface area contributed by atoms with Crippen LogP contribution in [-0.4, -0.2) is 46.9 Å². The van der Waals surface area contributed by atoms with E-state index in [9.17, 15) is 4.79 Å². The summed E-state index contributed by atoms with van der Waals surface area (Å²) >= 11 is 1.47. The minimum atomic E-state index is 0.0863. The van der Waals surface area contributed by atoms with E-state index in [1.54, 1.807) is 11.8 Å². The Morgan fingerprint density at radius 3 is 2.76 bits per heavy atom. The van der Waals surface area contributed by atoms with Crippen LogP contribution < -0.4 is 0 Å². The van der Waals surface area contributed by atoms with Crippen molar-refractivity contribution in [3.05, 3.63) is 40.7 Å². The summed E-state index contributed by atoms with van der Waals surface area (Å²) in [6.45, 7) is 4.68. The van der Waals surface area contributed by atoms with Gasteiger partial charge in [0.05, 0.1) is 18.3 Å². The first-order valence-electron chi connectivity index (χ1n) is 7.22. The molecule has 6 heteroatoms. The van der Waals surface area contributed by atoms with Gasteiger partial charge >= 0.3 is 0 Å². The number of hydrogen-bond donors (Lipinski definition) is 0. The number of nitrogens with zero attached hydrogens (tertiary/aromatic N) is 3. The van der Waals surface area contributed by atoms with E-state index in [0.29, 0.717) is 17.5 Å². The molecule has 0 unspecified atom stereocenters. The first-order chi connectivity index (χ1) is 10.3. The zero-order valence-electron chi connectivity index (χ0n) is 11.6. The Hall–Kier alpha value is -1.66. The number of hydrogen-bond acceptors (Lipinski definition) is 5. The smallest absolute Gasteiger partial charge is 0.273 e. The topological polar surface area (TPSA) is 49.6 Å². The molecule has 110 valence electrons. The number of furan rings is 1. The minimum Gasteiger partial charge on any atom is -0.468 e. The molecule has 1 amide bonds. The van der Waals surface area contributed by atoms with Gasteiger partial charge in [0, 0.05) is 31.6 Å². The standard InChI is InChI=1S/C15H17N3O2S/c19-15(14-9-21-10-16-14)18-6-11-4-17(5-12(11)7-18)8-13-2-1-3-20-13/h1-3,9-12H,4-8H2/t11-,12-/m0/s1. The monoisotopic (exact) mass is 303 g/mol. The predicted molar refractivity (Wildman–Crippen MR) is 79.0 cm³/mol. The number of rotatable bonds is 3. The van der Waals surface area contributed by atoms with Crippen LogP contribution in [0.1, 0.15) is 16.2 Å². The molecule has 0 saturated carbocycles. The third-order valence-corrected chi connectivity index (χ3v) is 5.05. The predicted octanol–water partition coefficient (Wildman–Crippen LogP) is 1.94. The molecule has 2 atom stereocenters. The molecular weight excluding hydrogens is 286 g/mol. The van der Waals surface area contributed by atoms with Gasteiger partial charge in [-0.1, -0.05) is 0 Å². The Labute approximate surface area is 127 Å². The van der Waals surface area contributed by atoms with E-state index in [1.807, 2.05) is 22.4 Å². The first-order valence-corrected chi connectivity index (χ1v) is 8.16. The molecule has 2 aliphatic heterocycles. The molecule has 5 nitrogen and oxygen atoms in total. The normalized spacial score (nSPS) is 25.4. The van der Waals surface area contributed by atoms with E-state index in [4.69, 9.17) is 4.42 Å². The number of fused-ring (bicyclic) bond motifs is 1. The fourth-order valence-electron chi connectivity index (χ4n) is 3.49. The van der Waals surface area contributed by atoms with Crippen LogP contribution in [0.5, 0.6) is 0 Å². The maximum absolute atomic E-state index is 12.3. The molecule has 2 aromatic rings. The Morgan fingerprint density at radius 1 is 1.33 bits per heavy atom. The number of amides is 1. The van der Waals surface area contributed by atoms with Crippen LogP contribution >= 0.6 is 11.3 Å². The third kappa shape index (κ3) is 2.49. The quantitative estimate of drug-likeness (QED) is 0.869. The lowest BCUT2D eigenvalue weighted by Crippen LogP contribution is -2.33. The van der Waals surface area contributed by atoms with Crippen molar-refractivity contribution >= 4 is 17.2 Å². The third-order valence-electron chi connectivity index (χ3n) is 4.46. The minimum absolute atomic E-state index is 0.0863. The zero-order chi connectivity index (χ0) is 14.2. The van der Waals surface area contributed by atoms with Crippen LogP contribution in [0.3, 0.4) is 0 Å². The van der Waals surface area contributed by atoms with Gasteiger partial charge in [0.15, 0.2) is 0 Å². The fraction of sp³-hybridized carbons (Fsp3) is 0.467. The van der Waals surface area contributed by atoms with Gasteiger partial charge < -0.3 is 9.32 Å². The van der Waals surface area contributed by atoms with Gasteiger partial charge in [-0.3, -0.25) is 9.69 Å². The molecule has 0 spiro atoms. The second kappa shape index (κ2) is 5.27. The summed E-state index contributed by atoms with van der Waals surface area (Å²) in [6, 6.07) is 3.95. The SMILES string of the molecule is O=C(c1cscn1)N1C[C@@H]2CN(Cc3ccco3)C[C@H]2C1. The molecule has 4 heterocycles. The van der Waals surface area contributed by atoms with Crippen LogP contribution in [0, 0.1) is 11.8 Å². The van der Waals surface area contributed by atoms with Crippen molar-refractivity contribution in [1.82, 2.24) is 14.8 Å². The molecule has 0 aliphatic carbocycles. The van der Waals surface area contributed by atoms with Gasteiger partial charge in [-0.2, -0.15) is 0 Å². The average Bonchev–Trinajstić information content (AvgIpc) is 3.23. The van der Waals surface area contributed by atoms with Gasteiger partial charge in [-0.05, 0) is 24.0 Å². The van der Waals surface area contributed by atoms with E-state index in [1.165, 1.54) is 11.3 Å². The summed E-state index contributed by atoms with van der Waals surface area (Å²) in [5.41, 5.74) is 2.31. The molecular formula is C15H17N3O2S. The summed E-state index contributed by atoms with van der Waals surface area (Å²) in [6.07, 6.45) is 1.72. The van der Waals surface area contributed by atoms with E-state index in [2.05, 4.69) is 9.88 Å². The number of likely N-dealkylation sites (tertiary alicyclic amines) is 2. The number of carbonyl (C=O) groups excluding carboxylic acids is 1. The van der Waals surface area contributed by atoms with E-state index >= 15 is 0 Å². The maximum Gasteiger partial charge on any atom is 0.273 e. The van der Waals surface area contributed by atoms with Gasteiger partial charge in [-0.25, -0.2) is 4.98 Å². The van der Waals surface area contributed by atoms with Crippen molar-refractivity contribution in [1.29, 1.82) is 0 Å². The highest BCUT2D eigenvalue weighted by Crippen LogP contribution is 2.32. The molecule has 2 aliphatic rings. The summed E-state index contributed by atoms with van der Waals surface area (Å²) < 4.78 is 5.41. The molecule has 2 aromatic heterocycles. The van der Waals surface area contributed by atoms with Gasteiger partial charge in [0.25, 0.3) is 5.91 Å². The Morgan fingerprint density at radius 2 is 2.14 bits per heavy atom. The number of carbonyl (C=O) groups is 1. The largest absolute Gasteiger partial charge is 0.468 e. The molecule has 0 radical (unpaired) electrons. The highest BCUT2D eigenvalue weighted by atomic mass is 32.1. The molecule has 21 heavy (non-hydrogen) atoms. The van der Waals surface area contributed by atoms with Crippen LogP contribution in [0.4, 0.5) is 0 Å². The lowest BCUT2D eigenvalue weighted by molar-refractivity contribution is 0.0767. The lowest BCUT2D eigenvalue weighted by Gasteiger charge is -2.20. The Kier molecular flexibility index (Phi) is 3.27. The summed E-state index contributed by atoms with van der Waals surface area (Å²) in [4.78, 5) is 20.8. The van der Waals surface area contributed by atoms with Crippen molar-refractivity contribution in [2.75, 3.05) is 26.2 Å². The molecule has 2 saturated heterocycles. The molecule has 2 fully saturated rings. The van der Waals surface area contributed by atoms with Crippen molar-refractivity contribution in [2.45, 2.75) is 6.54 Å². The second-order valence-corrected chi connectivity index (χ2v) is 6.60. The van der Waals surface area contributed by atoms with E-state index < -0.39 is 0 Å². The van der Waals surface area contributed by atoms with Crippen LogP contribution in [0.15, 0.2) is 33.7 Å². The average molecular weight is 303 g/mol. The highest BCUT2D eigenvalue weighted by Gasteiger charge is 2.41. The van der Waals surface area contributed by atoms with Crippen molar-refractivity contribution in [3.63, 3.8) is 0 Å². The van der Waals surface area contributed by atoms with Gasteiger partial charge in [0.1, 0.15) is 11.5 Å². The van der Waals surface area contributed by atoms with E-state index in [-0.39, 0.29) is 5.91 Å². The number of aromatic nitrogens is 1. The van der Waals surface area contributed by atoms with Gasteiger partial charge in [0.2, 0.25) is 0 Å².